The van der Waals surface area contributed by atoms with Gasteiger partial charge >= 0.3 is 5.97 Å². The lowest BCUT2D eigenvalue weighted by Crippen LogP contribution is -2.57. The van der Waals surface area contributed by atoms with E-state index in [0.717, 1.165) is 0 Å². The first-order valence-electron chi connectivity index (χ1n) is 23.8. The van der Waals surface area contributed by atoms with Crippen LogP contribution in [-0.4, -0.2) is 179 Å². The standard InChI is InChI=1S/C44H74N6O18/c1-27-26-30(51)39(60)43(66-27)64-24-22-46-33(54)15-7-8-16-34(55)49-29(42(63)48-21-10-3-4-17-37(58)68-50-35(56)18-19-36(50)57)12-9-11-20-45-31(52)13-5-6-14-32(53)47-23-25-65-44-41(62)40(61)38(59)28(2)67-44/h27-30,38-41,43-44,51,59-62H,3-26H2,1-2H3,(H,45,52)(H,46,54)(H,47,53)(H,48,63)(H,49,55)/t27-,28-,29-,30+,38+,39-,40+,41-,43+,44+/m0/s1. The van der Waals surface area contributed by atoms with Gasteiger partial charge in [0.15, 0.2) is 12.6 Å². The zero-order valence-corrected chi connectivity index (χ0v) is 39.2. The van der Waals surface area contributed by atoms with Crippen LogP contribution >= 0.6 is 0 Å². The number of hydrogen-bond donors (Lipinski definition) is 10. The zero-order valence-electron chi connectivity index (χ0n) is 39.2. The molecule has 0 bridgehead atoms. The Morgan fingerprint density at radius 2 is 1.09 bits per heavy atom. The summed E-state index contributed by atoms with van der Waals surface area (Å²) in [6.07, 6.45) is -4.24. The smallest absolute Gasteiger partial charge is 0.333 e. The van der Waals surface area contributed by atoms with Gasteiger partial charge in [0, 0.05) is 77.5 Å². The Bertz CT molecular complexity index is 1610. The minimum absolute atomic E-state index is 0.000799. The summed E-state index contributed by atoms with van der Waals surface area (Å²) in [5.74, 6) is -3.34. The molecule has 7 amide bonds. The number of amides is 7. The Kier molecular flexibility index (Phi) is 27.0. The van der Waals surface area contributed by atoms with Crippen LogP contribution in [0.25, 0.3) is 0 Å². The monoisotopic (exact) mass is 975 g/mol. The van der Waals surface area contributed by atoms with E-state index in [1.807, 2.05) is 0 Å². The van der Waals surface area contributed by atoms with Gasteiger partial charge in [-0.25, -0.2) is 4.79 Å². The van der Waals surface area contributed by atoms with E-state index in [2.05, 4.69) is 26.6 Å². The second-order valence-corrected chi connectivity index (χ2v) is 17.3. The maximum absolute atomic E-state index is 13.2. The van der Waals surface area contributed by atoms with E-state index in [4.69, 9.17) is 23.8 Å². The number of nitrogens with one attached hydrogen (secondary N) is 5. The van der Waals surface area contributed by atoms with Crippen molar-refractivity contribution < 1.29 is 87.7 Å². The van der Waals surface area contributed by atoms with Crippen molar-refractivity contribution >= 4 is 47.3 Å². The molecule has 388 valence electrons. The van der Waals surface area contributed by atoms with Gasteiger partial charge in [-0.2, -0.15) is 0 Å². The molecule has 3 heterocycles. The SMILES string of the molecule is C[C@@H]1O[C@@H](OCCNC(=O)CCCCC(=O)NCCCC[C@H](NC(=O)CCCCC(=O)NCCO[C@@H]2O[C@@H](C)C[C@@H](O)[C@@H]2O)C(=O)NCCCCCC(=O)ON2C(=O)CCC2=O)[C@@H](O)[C@H](O)[C@@H]1O. The van der Waals surface area contributed by atoms with Crippen molar-refractivity contribution in [1.29, 1.82) is 0 Å². The highest BCUT2D eigenvalue weighted by molar-refractivity contribution is 6.01. The lowest BCUT2D eigenvalue weighted by Gasteiger charge is -2.38. The molecule has 0 saturated carbocycles. The van der Waals surface area contributed by atoms with Crippen molar-refractivity contribution in [2.24, 2.45) is 0 Å². The first-order valence-corrected chi connectivity index (χ1v) is 23.8. The molecular formula is C44H74N6O18. The number of aliphatic hydroxyl groups excluding tert-OH is 5. The van der Waals surface area contributed by atoms with E-state index < -0.39 is 78.9 Å². The van der Waals surface area contributed by atoms with Gasteiger partial charge < -0.3 is 75.9 Å². The van der Waals surface area contributed by atoms with Crippen molar-refractivity contribution in [3.05, 3.63) is 0 Å². The lowest BCUT2D eigenvalue weighted by molar-refractivity contribution is -0.292. The van der Waals surface area contributed by atoms with Crippen molar-refractivity contribution in [1.82, 2.24) is 31.6 Å². The third kappa shape index (κ3) is 21.9. The first kappa shape index (κ1) is 57.9. The number of nitrogens with zero attached hydrogens (tertiary/aromatic N) is 1. The summed E-state index contributed by atoms with van der Waals surface area (Å²) in [6, 6.07) is -0.877. The van der Waals surface area contributed by atoms with E-state index in [1.165, 1.54) is 6.92 Å². The summed E-state index contributed by atoms with van der Waals surface area (Å²) in [5.41, 5.74) is 0. The largest absolute Gasteiger partial charge is 0.390 e. The van der Waals surface area contributed by atoms with E-state index >= 15 is 0 Å². The number of ether oxygens (including phenoxy) is 4. The Balaban J connectivity index is 1.30. The Morgan fingerprint density at radius 3 is 1.68 bits per heavy atom. The van der Waals surface area contributed by atoms with Crippen LogP contribution in [0.2, 0.25) is 0 Å². The molecular weight excluding hydrogens is 901 g/mol. The van der Waals surface area contributed by atoms with E-state index in [-0.39, 0.29) is 120 Å². The summed E-state index contributed by atoms with van der Waals surface area (Å²) in [6.45, 7) is 4.20. The van der Waals surface area contributed by atoms with Gasteiger partial charge in [-0.1, -0.05) is 6.42 Å². The normalized spacial score (nSPS) is 25.3. The van der Waals surface area contributed by atoms with Gasteiger partial charge in [0.25, 0.3) is 11.8 Å². The fourth-order valence-electron chi connectivity index (χ4n) is 7.40. The van der Waals surface area contributed by atoms with E-state index in [0.29, 0.717) is 69.4 Å². The van der Waals surface area contributed by atoms with Gasteiger partial charge in [-0.05, 0) is 71.6 Å². The number of rotatable bonds is 32. The Morgan fingerprint density at radius 1 is 0.588 bits per heavy atom. The number of carbonyl (C=O) groups excluding carboxylic acids is 8. The van der Waals surface area contributed by atoms with Gasteiger partial charge in [-0.15, -0.1) is 5.06 Å². The topological polar surface area (TPSA) is 347 Å². The third-order valence-electron chi connectivity index (χ3n) is 11.4. The molecule has 3 saturated heterocycles. The highest BCUT2D eigenvalue weighted by Gasteiger charge is 2.42. The highest BCUT2D eigenvalue weighted by Crippen LogP contribution is 2.22. The van der Waals surface area contributed by atoms with Crippen LogP contribution in [0.5, 0.6) is 0 Å². The quantitative estimate of drug-likeness (QED) is 0.0260. The Hall–Kier alpha value is -4.40. The molecule has 24 heteroatoms. The zero-order chi connectivity index (χ0) is 50.0. The fourth-order valence-corrected chi connectivity index (χ4v) is 7.40. The predicted octanol–water partition coefficient (Wildman–Crippen LogP) is -1.89. The average molecular weight is 975 g/mol. The van der Waals surface area contributed by atoms with Gasteiger partial charge in [0.05, 0.1) is 31.5 Å². The minimum Gasteiger partial charge on any atom is -0.390 e. The second kappa shape index (κ2) is 31.7. The van der Waals surface area contributed by atoms with Crippen LogP contribution in [0.15, 0.2) is 0 Å². The second-order valence-electron chi connectivity index (χ2n) is 17.3. The van der Waals surface area contributed by atoms with Crippen LogP contribution in [-0.2, 0) is 62.1 Å². The summed E-state index contributed by atoms with van der Waals surface area (Å²) >= 11 is 0. The van der Waals surface area contributed by atoms with Crippen molar-refractivity contribution in [2.45, 2.75) is 191 Å². The number of hydroxylamine groups is 2. The molecule has 0 aromatic carbocycles. The summed E-state index contributed by atoms with van der Waals surface area (Å²) in [5, 5.41) is 63.9. The molecule has 68 heavy (non-hydrogen) atoms. The molecule has 0 aliphatic carbocycles. The summed E-state index contributed by atoms with van der Waals surface area (Å²) in [7, 11) is 0. The number of aliphatic hydroxyl groups is 5. The molecule has 3 aliphatic heterocycles. The van der Waals surface area contributed by atoms with Crippen LogP contribution < -0.4 is 26.6 Å². The molecule has 0 radical (unpaired) electrons. The molecule has 0 spiro atoms. The van der Waals surface area contributed by atoms with Crippen LogP contribution in [0, 0.1) is 0 Å². The van der Waals surface area contributed by atoms with Gasteiger partial charge in [0.2, 0.25) is 29.5 Å². The fraction of sp³-hybridized carbons (Fsp3) is 0.818. The maximum Gasteiger partial charge on any atom is 0.333 e. The van der Waals surface area contributed by atoms with Gasteiger partial charge in [0.1, 0.15) is 30.5 Å². The van der Waals surface area contributed by atoms with Crippen molar-refractivity contribution in [2.75, 3.05) is 39.4 Å². The maximum atomic E-state index is 13.2. The molecule has 0 unspecified atom stereocenters. The molecule has 3 rings (SSSR count). The van der Waals surface area contributed by atoms with Gasteiger partial charge in [-0.3, -0.25) is 33.6 Å². The molecule has 0 aromatic heterocycles. The number of unbranched alkanes of at least 4 members (excludes halogenated alkanes) is 5. The molecule has 0 aromatic rings. The van der Waals surface area contributed by atoms with Crippen LogP contribution in [0.4, 0.5) is 0 Å². The third-order valence-corrected chi connectivity index (χ3v) is 11.4. The summed E-state index contributed by atoms with van der Waals surface area (Å²) in [4.78, 5) is 103. The first-order chi connectivity index (χ1) is 32.5. The number of carbonyl (C=O) groups is 8. The highest BCUT2D eigenvalue weighted by atomic mass is 16.7. The minimum atomic E-state index is -1.44. The van der Waals surface area contributed by atoms with Crippen LogP contribution in [0.1, 0.15) is 129 Å². The lowest BCUT2D eigenvalue weighted by atomic mass is 10.0. The molecule has 10 atom stereocenters. The molecule has 3 aliphatic rings. The molecule has 24 nitrogen and oxygen atoms in total. The predicted molar refractivity (Wildman–Crippen MR) is 236 cm³/mol. The summed E-state index contributed by atoms with van der Waals surface area (Å²) < 4.78 is 21.7. The van der Waals surface area contributed by atoms with E-state index in [9.17, 15) is 63.9 Å². The molecule has 3 fully saturated rings. The van der Waals surface area contributed by atoms with Crippen molar-refractivity contribution in [3.8, 4) is 0 Å². The van der Waals surface area contributed by atoms with Crippen molar-refractivity contribution in [3.63, 3.8) is 0 Å². The average Bonchev–Trinajstić information content (AvgIpc) is 3.61. The Labute approximate surface area is 396 Å². The van der Waals surface area contributed by atoms with Crippen LogP contribution in [0.3, 0.4) is 0 Å². The number of hydrogen-bond acceptors (Lipinski definition) is 18. The number of imide groups is 1. The molecule has 10 N–H and O–H groups in total. The van der Waals surface area contributed by atoms with E-state index in [1.54, 1.807) is 6.92 Å².